The van der Waals surface area contributed by atoms with Crippen molar-refractivity contribution >= 4 is 5.69 Å². The summed E-state index contributed by atoms with van der Waals surface area (Å²) in [4.78, 5) is 2.55. The van der Waals surface area contributed by atoms with E-state index in [4.69, 9.17) is 5.73 Å². The quantitative estimate of drug-likeness (QED) is 0.808. The number of benzene rings is 2. The van der Waals surface area contributed by atoms with E-state index in [1.807, 2.05) is 12.1 Å². The van der Waals surface area contributed by atoms with Crippen LogP contribution < -0.4 is 5.73 Å². The zero-order valence-corrected chi connectivity index (χ0v) is 12.5. The molecule has 1 heterocycles. The third-order valence-electron chi connectivity index (χ3n) is 5.41. The molecule has 108 valence electrons. The van der Waals surface area contributed by atoms with E-state index in [0.29, 0.717) is 12.0 Å². The smallest absolute Gasteiger partial charge is 0.0314 e. The molecule has 0 amide bonds. The van der Waals surface area contributed by atoms with Crippen molar-refractivity contribution in [2.24, 2.45) is 0 Å². The van der Waals surface area contributed by atoms with Gasteiger partial charge < -0.3 is 10.6 Å². The molecule has 0 aromatic heterocycles. The van der Waals surface area contributed by atoms with Crippen LogP contribution in [-0.4, -0.2) is 24.5 Å². The SMILES string of the molecule is CN1CC[C@@H]2c3ccccc3[C@H](c3ccc(N)cc3)C[C@@H]21. The highest BCUT2D eigenvalue weighted by Gasteiger charge is 2.40. The minimum absolute atomic E-state index is 0.503. The molecule has 1 saturated heterocycles. The maximum absolute atomic E-state index is 5.85. The third kappa shape index (κ3) is 2.06. The summed E-state index contributed by atoms with van der Waals surface area (Å²) in [7, 11) is 2.28. The topological polar surface area (TPSA) is 29.3 Å². The van der Waals surface area contributed by atoms with Crippen molar-refractivity contribution in [1.29, 1.82) is 0 Å². The van der Waals surface area contributed by atoms with E-state index in [2.05, 4.69) is 48.3 Å². The molecule has 2 aromatic carbocycles. The van der Waals surface area contributed by atoms with E-state index in [0.717, 1.165) is 11.6 Å². The molecular formula is C19H22N2. The Labute approximate surface area is 126 Å². The van der Waals surface area contributed by atoms with Crippen molar-refractivity contribution in [3.8, 4) is 0 Å². The molecule has 0 saturated carbocycles. The van der Waals surface area contributed by atoms with Gasteiger partial charge in [-0.3, -0.25) is 0 Å². The highest BCUT2D eigenvalue weighted by molar-refractivity contribution is 5.47. The molecule has 2 aliphatic rings. The highest BCUT2D eigenvalue weighted by Crippen LogP contribution is 2.47. The Hall–Kier alpha value is -1.80. The van der Waals surface area contributed by atoms with Gasteiger partial charge in [0.2, 0.25) is 0 Å². The van der Waals surface area contributed by atoms with Crippen molar-refractivity contribution in [3.63, 3.8) is 0 Å². The average molecular weight is 278 g/mol. The van der Waals surface area contributed by atoms with E-state index < -0.39 is 0 Å². The Balaban J connectivity index is 1.81. The fourth-order valence-electron chi connectivity index (χ4n) is 4.29. The maximum Gasteiger partial charge on any atom is 0.0314 e. The van der Waals surface area contributed by atoms with Gasteiger partial charge >= 0.3 is 0 Å². The van der Waals surface area contributed by atoms with E-state index in [9.17, 15) is 0 Å². The second-order valence-electron chi connectivity index (χ2n) is 6.53. The van der Waals surface area contributed by atoms with Crippen LogP contribution in [-0.2, 0) is 0 Å². The number of rotatable bonds is 1. The summed E-state index contributed by atoms with van der Waals surface area (Å²) in [5, 5.41) is 0. The fourth-order valence-corrected chi connectivity index (χ4v) is 4.29. The van der Waals surface area contributed by atoms with E-state index in [-0.39, 0.29) is 0 Å². The Kier molecular flexibility index (Phi) is 3.00. The molecule has 1 fully saturated rings. The summed E-state index contributed by atoms with van der Waals surface area (Å²) in [5.41, 5.74) is 11.2. The first kappa shape index (κ1) is 12.9. The monoisotopic (exact) mass is 278 g/mol. The number of likely N-dealkylation sites (tertiary alicyclic amines) is 1. The molecule has 1 aliphatic carbocycles. The van der Waals surface area contributed by atoms with Gasteiger partial charge in [-0.1, -0.05) is 36.4 Å². The van der Waals surface area contributed by atoms with Gasteiger partial charge in [0.25, 0.3) is 0 Å². The molecule has 0 unspecified atom stereocenters. The Bertz CT molecular complexity index is 647. The van der Waals surface area contributed by atoms with Crippen molar-refractivity contribution in [3.05, 3.63) is 65.2 Å². The summed E-state index contributed by atoms with van der Waals surface area (Å²) in [6.45, 7) is 1.22. The van der Waals surface area contributed by atoms with Crippen LogP contribution >= 0.6 is 0 Å². The number of hydrogen-bond acceptors (Lipinski definition) is 2. The summed E-state index contributed by atoms with van der Waals surface area (Å²) >= 11 is 0. The molecule has 0 bridgehead atoms. The first-order valence-corrected chi connectivity index (χ1v) is 7.88. The number of nitrogens with zero attached hydrogens (tertiary/aromatic N) is 1. The van der Waals surface area contributed by atoms with Gasteiger partial charge in [0, 0.05) is 23.6 Å². The first-order valence-electron chi connectivity index (χ1n) is 7.88. The molecule has 2 heteroatoms. The zero-order valence-electron chi connectivity index (χ0n) is 12.5. The van der Waals surface area contributed by atoms with Crippen LogP contribution in [0.15, 0.2) is 48.5 Å². The summed E-state index contributed by atoms with van der Waals surface area (Å²) in [6, 6.07) is 18.2. The lowest BCUT2D eigenvalue weighted by atomic mass is 9.71. The lowest BCUT2D eigenvalue weighted by Crippen LogP contribution is -2.34. The van der Waals surface area contributed by atoms with Crippen molar-refractivity contribution in [2.45, 2.75) is 30.7 Å². The molecule has 0 spiro atoms. The lowest BCUT2D eigenvalue weighted by molar-refractivity contribution is 0.265. The Morgan fingerprint density at radius 1 is 1.00 bits per heavy atom. The van der Waals surface area contributed by atoms with Crippen LogP contribution in [0.1, 0.15) is 41.4 Å². The van der Waals surface area contributed by atoms with Crippen LogP contribution in [0.4, 0.5) is 5.69 Å². The molecular weight excluding hydrogens is 256 g/mol. The van der Waals surface area contributed by atoms with E-state index in [1.165, 1.54) is 30.5 Å². The van der Waals surface area contributed by atoms with Gasteiger partial charge in [0.05, 0.1) is 0 Å². The largest absolute Gasteiger partial charge is 0.399 e. The molecule has 2 N–H and O–H groups in total. The van der Waals surface area contributed by atoms with Crippen molar-refractivity contribution in [1.82, 2.24) is 4.90 Å². The average Bonchev–Trinajstić information content (AvgIpc) is 2.89. The Morgan fingerprint density at radius 3 is 2.48 bits per heavy atom. The standard InChI is InChI=1S/C19H22N2/c1-21-11-10-17-15-4-2-3-5-16(15)18(12-19(17)21)13-6-8-14(20)9-7-13/h2-9,17-19H,10-12,20H2,1H3/t17-,18+,19+/m1/s1. The van der Waals surface area contributed by atoms with Gasteiger partial charge in [-0.15, -0.1) is 0 Å². The molecule has 21 heavy (non-hydrogen) atoms. The van der Waals surface area contributed by atoms with Gasteiger partial charge in [0.15, 0.2) is 0 Å². The molecule has 1 aliphatic heterocycles. The van der Waals surface area contributed by atoms with Crippen LogP contribution in [0.5, 0.6) is 0 Å². The van der Waals surface area contributed by atoms with Crippen LogP contribution in [0, 0.1) is 0 Å². The van der Waals surface area contributed by atoms with Crippen molar-refractivity contribution in [2.75, 3.05) is 19.3 Å². The molecule has 2 nitrogen and oxygen atoms in total. The van der Waals surface area contributed by atoms with E-state index >= 15 is 0 Å². The minimum Gasteiger partial charge on any atom is -0.399 e. The second-order valence-corrected chi connectivity index (χ2v) is 6.53. The van der Waals surface area contributed by atoms with Crippen molar-refractivity contribution < 1.29 is 0 Å². The highest BCUT2D eigenvalue weighted by atomic mass is 15.2. The predicted molar refractivity (Wildman–Crippen MR) is 87.5 cm³/mol. The number of likely N-dealkylation sites (N-methyl/N-ethyl adjacent to an activating group) is 1. The number of hydrogen-bond donors (Lipinski definition) is 1. The molecule has 2 aromatic rings. The zero-order chi connectivity index (χ0) is 14.4. The fraction of sp³-hybridized carbons (Fsp3) is 0.368. The third-order valence-corrected chi connectivity index (χ3v) is 5.41. The van der Waals surface area contributed by atoms with Crippen LogP contribution in [0.3, 0.4) is 0 Å². The summed E-state index contributed by atoms with van der Waals surface area (Å²) in [6.07, 6.45) is 2.52. The minimum atomic E-state index is 0.503. The van der Waals surface area contributed by atoms with Gasteiger partial charge in [0.1, 0.15) is 0 Å². The number of fused-ring (bicyclic) bond motifs is 3. The second kappa shape index (κ2) is 4.88. The maximum atomic E-state index is 5.85. The van der Waals surface area contributed by atoms with Gasteiger partial charge in [-0.2, -0.15) is 0 Å². The number of anilines is 1. The Morgan fingerprint density at radius 2 is 1.71 bits per heavy atom. The molecule has 4 rings (SSSR count). The predicted octanol–water partition coefficient (Wildman–Crippen LogP) is 3.59. The van der Waals surface area contributed by atoms with Crippen LogP contribution in [0.2, 0.25) is 0 Å². The van der Waals surface area contributed by atoms with Crippen LogP contribution in [0.25, 0.3) is 0 Å². The van der Waals surface area contributed by atoms with Gasteiger partial charge in [-0.05, 0) is 55.3 Å². The molecule has 0 radical (unpaired) electrons. The number of nitrogen functional groups attached to an aromatic ring is 1. The van der Waals surface area contributed by atoms with Gasteiger partial charge in [-0.25, -0.2) is 0 Å². The number of nitrogens with two attached hydrogens (primary N) is 1. The lowest BCUT2D eigenvalue weighted by Gasteiger charge is -2.37. The summed E-state index contributed by atoms with van der Waals surface area (Å²) < 4.78 is 0. The summed E-state index contributed by atoms with van der Waals surface area (Å²) in [5.74, 6) is 1.22. The first-order chi connectivity index (χ1) is 10.2. The molecule has 3 atom stereocenters. The van der Waals surface area contributed by atoms with E-state index in [1.54, 1.807) is 5.56 Å². The normalized spacial score (nSPS) is 28.1.